The minimum atomic E-state index is -4.21. The molecule has 0 radical (unpaired) electrons. The maximum Gasteiger partial charge on any atom is 0.414 e. The Bertz CT molecular complexity index is 171. The van der Waals surface area contributed by atoms with Crippen molar-refractivity contribution in [2.75, 3.05) is 6.61 Å². The van der Waals surface area contributed by atoms with E-state index in [1.165, 1.54) is 0 Å². The predicted octanol–water partition coefficient (Wildman–Crippen LogP) is 2.28. The molecule has 0 saturated heterocycles. The molecule has 4 heteroatoms. The fourth-order valence-electron chi connectivity index (χ4n) is 0.895. The average molecular weight is 166 g/mol. The van der Waals surface area contributed by atoms with Crippen molar-refractivity contribution in [3.63, 3.8) is 0 Å². The number of hydrogen-bond donors (Lipinski definition) is 0. The van der Waals surface area contributed by atoms with Crippen LogP contribution in [-0.4, -0.2) is 18.9 Å². The zero-order chi connectivity index (χ0) is 8.48. The summed E-state index contributed by atoms with van der Waals surface area (Å²) in [4.78, 5) is 0. The van der Waals surface area contributed by atoms with E-state index in [1.54, 1.807) is 13.0 Å². The van der Waals surface area contributed by atoms with Crippen molar-refractivity contribution in [2.24, 2.45) is 0 Å². The Morgan fingerprint density at radius 2 is 2.18 bits per heavy atom. The van der Waals surface area contributed by atoms with Crippen LogP contribution in [-0.2, 0) is 4.74 Å². The molecule has 0 N–H and O–H groups in total. The highest BCUT2D eigenvalue weighted by Crippen LogP contribution is 2.28. The molecule has 0 amide bonds. The summed E-state index contributed by atoms with van der Waals surface area (Å²) in [6.07, 6.45) is -4.28. The quantitative estimate of drug-likeness (QED) is 0.501. The third-order valence-corrected chi connectivity index (χ3v) is 1.56. The van der Waals surface area contributed by atoms with E-state index >= 15 is 0 Å². The van der Waals surface area contributed by atoms with Gasteiger partial charge in [-0.15, -0.1) is 0 Å². The van der Waals surface area contributed by atoms with Crippen molar-refractivity contribution < 1.29 is 17.9 Å². The van der Waals surface area contributed by atoms with Crippen LogP contribution in [0.2, 0.25) is 0 Å². The number of ether oxygens (including phenoxy) is 1. The predicted molar refractivity (Wildman–Crippen MR) is 34.2 cm³/mol. The second kappa shape index (κ2) is 2.85. The topological polar surface area (TPSA) is 9.23 Å². The summed E-state index contributed by atoms with van der Waals surface area (Å²) in [5.74, 6) is 0. The molecule has 64 valence electrons. The molecule has 0 spiro atoms. The lowest BCUT2D eigenvalue weighted by Gasteiger charge is -2.23. The van der Waals surface area contributed by atoms with Crippen molar-refractivity contribution in [3.05, 3.63) is 11.6 Å². The van der Waals surface area contributed by atoms with Crippen LogP contribution in [0.25, 0.3) is 0 Å². The Kier molecular flexibility index (Phi) is 2.23. The zero-order valence-electron chi connectivity index (χ0n) is 6.11. The molecular formula is C7H9F3O. The molecule has 1 aliphatic heterocycles. The van der Waals surface area contributed by atoms with Crippen molar-refractivity contribution in [3.8, 4) is 0 Å². The van der Waals surface area contributed by atoms with Crippen LogP contribution in [0.5, 0.6) is 0 Å². The second-order valence-corrected chi connectivity index (χ2v) is 2.63. The van der Waals surface area contributed by atoms with Gasteiger partial charge in [-0.25, -0.2) is 0 Å². The van der Waals surface area contributed by atoms with Crippen molar-refractivity contribution in [1.29, 1.82) is 0 Å². The molecule has 0 saturated carbocycles. The van der Waals surface area contributed by atoms with Gasteiger partial charge in [0.1, 0.15) is 0 Å². The lowest BCUT2D eigenvalue weighted by molar-refractivity contribution is -0.218. The van der Waals surface area contributed by atoms with Crippen molar-refractivity contribution in [1.82, 2.24) is 0 Å². The Balaban J connectivity index is 2.54. The second-order valence-electron chi connectivity index (χ2n) is 2.63. The Hall–Kier alpha value is -0.510. The summed E-state index contributed by atoms with van der Waals surface area (Å²) >= 11 is 0. The Labute approximate surface area is 62.8 Å². The first-order valence-electron chi connectivity index (χ1n) is 3.34. The van der Waals surface area contributed by atoms with E-state index in [2.05, 4.69) is 4.74 Å². The van der Waals surface area contributed by atoms with Crippen LogP contribution in [0.3, 0.4) is 0 Å². The molecular weight excluding hydrogens is 157 g/mol. The van der Waals surface area contributed by atoms with Crippen LogP contribution >= 0.6 is 0 Å². The van der Waals surface area contributed by atoms with Crippen molar-refractivity contribution >= 4 is 0 Å². The first-order chi connectivity index (χ1) is 5.00. The summed E-state index contributed by atoms with van der Waals surface area (Å²) in [5.41, 5.74) is 0.866. The molecule has 1 atom stereocenters. The van der Waals surface area contributed by atoms with Crippen LogP contribution < -0.4 is 0 Å². The highest BCUT2D eigenvalue weighted by molar-refractivity contribution is 5.03. The lowest BCUT2D eigenvalue weighted by Crippen LogP contribution is -2.33. The van der Waals surface area contributed by atoms with E-state index in [0.29, 0.717) is 0 Å². The molecule has 0 aliphatic carbocycles. The van der Waals surface area contributed by atoms with E-state index < -0.39 is 12.3 Å². The largest absolute Gasteiger partial charge is 0.414 e. The maximum absolute atomic E-state index is 11.9. The monoisotopic (exact) mass is 166 g/mol. The van der Waals surface area contributed by atoms with E-state index in [9.17, 15) is 13.2 Å². The highest BCUT2D eigenvalue weighted by atomic mass is 19.4. The molecule has 1 heterocycles. The molecule has 1 nitrogen and oxygen atoms in total. The molecule has 1 unspecified atom stereocenters. The van der Waals surface area contributed by atoms with Gasteiger partial charge in [-0.2, -0.15) is 13.2 Å². The van der Waals surface area contributed by atoms with Gasteiger partial charge in [-0.1, -0.05) is 11.6 Å². The van der Waals surface area contributed by atoms with E-state index in [0.717, 1.165) is 5.57 Å². The molecule has 11 heavy (non-hydrogen) atoms. The van der Waals surface area contributed by atoms with E-state index in [-0.39, 0.29) is 13.0 Å². The van der Waals surface area contributed by atoms with Crippen LogP contribution in [0, 0.1) is 0 Å². The fourth-order valence-corrected chi connectivity index (χ4v) is 0.895. The summed E-state index contributed by atoms with van der Waals surface area (Å²) in [6.45, 7) is 1.86. The zero-order valence-corrected chi connectivity index (χ0v) is 6.11. The summed E-state index contributed by atoms with van der Waals surface area (Å²) in [5, 5.41) is 0. The summed E-state index contributed by atoms with van der Waals surface area (Å²) < 4.78 is 40.3. The fraction of sp³-hybridized carbons (Fsp3) is 0.714. The minimum absolute atomic E-state index is 0.0463. The van der Waals surface area contributed by atoms with Gasteiger partial charge >= 0.3 is 6.18 Å². The van der Waals surface area contributed by atoms with Gasteiger partial charge in [0.15, 0.2) is 6.10 Å². The molecule has 0 aromatic carbocycles. The summed E-state index contributed by atoms with van der Waals surface area (Å²) in [6, 6.07) is 0. The standard InChI is InChI=1S/C7H9F3O/c1-5-2-3-6(11-4-5)7(8,9)10/h2,6H,3-4H2,1H3. The van der Waals surface area contributed by atoms with Crippen LogP contribution in [0.15, 0.2) is 11.6 Å². The van der Waals surface area contributed by atoms with Gasteiger partial charge < -0.3 is 4.74 Å². The van der Waals surface area contributed by atoms with Gasteiger partial charge in [0.05, 0.1) is 6.61 Å². The molecule has 1 aliphatic rings. The van der Waals surface area contributed by atoms with Gasteiger partial charge in [-0.3, -0.25) is 0 Å². The summed E-state index contributed by atoms with van der Waals surface area (Å²) in [7, 11) is 0. The maximum atomic E-state index is 11.9. The van der Waals surface area contributed by atoms with Gasteiger partial charge in [0.2, 0.25) is 0 Å². The smallest absolute Gasteiger partial charge is 0.364 e. The Morgan fingerprint density at radius 1 is 1.55 bits per heavy atom. The normalized spacial score (nSPS) is 26.5. The number of alkyl halides is 3. The van der Waals surface area contributed by atoms with Crippen LogP contribution in [0.4, 0.5) is 13.2 Å². The minimum Gasteiger partial charge on any atom is -0.364 e. The van der Waals surface area contributed by atoms with E-state index in [4.69, 9.17) is 0 Å². The molecule has 1 rings (SSSR count). The number of hydrogen-bond acceptors (Lipinski definition) is 1. The third kappa shape index (κ3) is 2.22. The van der Waals surface area contributed by atoms with Gasteiger partial charge in [0, 0.05) is 6.42 Å². The SMILES string of the molecule is CC1=CCC(C(F)(F)F)OC1. The van der Waals surface area contributed by atoms with Gasteiger partial charge in [-0.05, 0) is 6.92 Å². The highest BCUT2D eigenvalue weighted by Gasteiger charge is 2.40. The van der Waals surface area contributed by atoms with E-state index in [1.807, 2.05) is 0 Å². The lowest BCUT2D eigenvalue weighted by atomic mass is 10.1. The van der Waals surface area contributed by atoms with Crippen molar-refractivity contribution in [2.45, 2.75) is 25.6 Å². The first-order valence-corrected chi connectivity index (χ1v) is 3.34. The molecule has 0 fully saturated rings. The number of rotatable bonds is 0. The number of halogens is 3. The molecule has 0 aromatic rings. The third-order valence-electron chi connectivity index (χ3n) is 1.56. The first kappa shape index (κ1) is 8.59. The van der Waals surface area contributed by atoms with Crippen LogP contribution in [0.1, 0.15) is 13.3 Å². The Morgan fingerprint density at radius 3 is 2.55 bits per heavy atom. The molecule has 0 bridgehead atoms. The molecule has 0 aromatic heterocycles. The van der Waals surface area contributed by atoms with Gasteiger partial charge in [0.25, 0.3) is 0 Å². The average Bonchev–Trinajstić information content (AvgIpc) is 1.86.